The van der Waals surface area contributed by atoms with Gasteiger partial charge in [-0.05, 0) is 64.7 Å². The first-order valence-corrected chi connectivity index (χ1v) is 7.96. The number of rotatable bonds is 7. The van der Waals surface area contributed by atoms with Crippen molar-refractivity contribution in [3.63, 3.8) is 0 Å². The lowest BCUT2D eigenvalue weighted by molar-refractivity contribution is -0.122. The molecule has 1 aliphatic heterocycles. The minimum atomic E-state index is 0. The Morgan fingerprint density at radius 2 is 1.82 bits per heavy atom. The molecule has 1 aliphatic rings. The number of hydrogen-bond acceptors (Lipinski definition) is 3. The Labute approximate surface area is 149 Å². The fraction of sp³-hybridized carbons (Fsp3) is 0.938. The van der Waals surface area contributed by atoms with Crippen molar-refractivity contribution in [1.29, 1.82) is 0 Å². The Morgan fingerprint density at radius 1 is 1.27 bits per heavy atom. The van der Waals surface area contributed by atoms with Crippen LogP contribution in [0, 0.1) is 11.3 Å². The monoisotopic (exact) mass is 355 g/mol. The van der Waals surface area contributed by atoms with Crippen molar-refractivity contribution in [2.75, 3.05) is 33.7 Å². The first kappa shape index (κ1) is 24.2. The Hall–Kier alpha value is -0.0300. The van der Waals surface area contributed by atoms with Crippen LogP contribution in [0.2, 0.25) is 0 Å². The molecule has 0 aromatic heterocycles. The van der Waals surface area contributed by atoms with Crippen LogP contribution in [0.15, 0.2) is 0 Å². The molecule has 0 bridgehead atoms. The summed E-state index contributed by atoms with van der Waals surface area (Å²) in [6.45, 7) is 9.74. The van der Waals surface area contributed by atoms with Crippen LogP contribution in [0.4, 0.5) is 0 Å². The summed E-state index contributed by atoms with van der Waals surface area (Å²) in [5.41, 5.74) is 0.0912. The fourth-order valence-corrected chi connectivity index (χ4v) is 2.97. The van der Waals surface area contributed by atoms with E-state index in [4.69, 9.17) is 0 Å². The van der Waals surface area contributed by atoms with Gasteiger partial charge in [-0.25, -0.2) is 0 Å². The van der Waals surface area contributed by atoms with Crippen LogP contribution >= 0.6 is 24.8 Å². The van der Waals surface area contributed by atoms with Gasteiger partial charge >= 0.3 is 0 Å². The van der Waals surface area contributed by atoms with E-state index in [0.29, 0.717) is 6.42 Å². The molecule has 134 valence electrons. The van der Waals surface area contributed by atoms with Crippen LogP contribution < -0.4 is 10.6 Å². The maximum Gasteiger partial charge on any atom is 0.220 e. The van der Waals surface area contributed by atoms with Gasteiger partial charge in [-0.3, -0.25) is 4.79 Å². The summed E-state index contributed by atoms with van der Waals surface area (Å²) in [5, 5.41) is 6.55. The van der Waals surface area contributed by atoms with E-state index in [-0.39, 0.29) is 42.2 Å². The molecule has 1 rings (SSSR count). The predicted octanol–water partition coefficient (Wildman–Crippen LogP) is 2.70. The molecule has 0 aromatic rings. The highest BCUT2D eigenvalue weighted by molar-refractivity contribution is 5.85. The summed E-state index contributed by atoms with van der Waals surface area (Å²) in [5.74, 6) is 0.940. The second kappa shape index (κ2) is 11.5. The lowest BCUT2D eigenvalue weighted by Gasteiger charge is -2.35. The average molecular weight is 356 g/mol. The smallest absolute Gasteiger partial charge is 0.220 e. The third-order valence-corrected chi connectivity index (χ3v) is 4.51. The minimum Gasteiger partial charge on any atom is -0.353 e. The van der Waals surface area contributed by atoms with Crippen molar-refractivity contribution in [1.82, 2.24) is 15.5 Å². The first-order valence-electron chi connectivity index (χ1n) is 7.96. The number of halogens is 2. The van der Waals surface area contributed by atoms with Crippen molar-refractivity contribution in [3.05, 3.63) is 0 Å². The maximum atomic E-state index is 12.1. The summed E-state index contributed by atoms with van der Waals surface area (Å²) in [6, 6.07) is 0.199. The van der Waals surface area contributed by atoms with Gasteiger partial charge in [0.1, 0.15) is 0 Å². The van der Waals surface area contributed by atoms with Crippen LogP contribution in [0.3, 0.4) is 0 Å². The number of nitrogens with one attached hydrogen (secondary N) is 2. The SMILES string of the molecule is CC(NC(=O)CCC1CCNCC1)C(C)(C)CN(C)C.Cl.Cl. The lowest BCUT2D eigenvalue weighted by atomic mass is 9.84. The van der Waals surface area contributed by atoms with Crippen molar-refractivity contribution in [2.24, 2.45) is 11.3 Å². The molecule has 6 heteroatoms. The van der Waals surface area contributed by atoms with Gasteiger partial charge in [0.25, 0.3) is 0 Å². The van der Waals surface area contributed by atoms with E-state index < -0.39 is 0 Å². The van der Waals surface area contributed by atoms with Gasteiger partial charge in [-0.2, -0.15) is 0 Å². The van der Waals surface area contributed by atoms with Crippen molar-refractivity contribution >= 4 is 30.7 Å². The van der Waals surface area contributed by atoms with Crippen LogP contribution in [-0.4, -0.2) is 50.6 Å². The molecule has 1 amide bonds. The first-order chi connectivity index (χ1) is 9.31. The van der Waals surface area contributed by atoms with Gasteiger partial charge in [0.2, 0.25) is 5.91 Å². The predicted molar refractivity (Wildman–Crippen MR) is 99.3 cm³/mol. The molecular weight excluding hydrogens is 321 g/mol. The summed E-state index contributed by atoms with van der Waals surface area (Å²) in [7, 11) is 4.15. The van der Waals surface area contributed by atoms with E-state index in [1.54, 1.807) is 0 Å². The van der Waals surface area contributed by atoms with Crippen molar-refractivity contribution < 1.29 is 4.79 Å². The number of carbonyl (C=O) groups is 1. The molecule has 2 N–H and O–H groups in total. The molecule has 22 heavy (non-hydrogen) atoms. The molecule has 1 fully saturated rings. The normalized spacial score (nSPS) is 17.4. The highest BCUT2D eigenvalue weighted by Gasteiger charge is 2.27. The van der Waals surface area contributed by atoms with E-state index in [1.807, 2.05) is 0 Å². The average Bonchev–Trinajstić information content (AvgIpc) is 2.36. The number of amides is 1. The Bertz CT molecular complexity index is 306. The molecule has 4 nitrogen and oxygen atoms in total. The lowest BCUT2D eigenvalue weighted by Crippen LogP contribution is -2.47. The Morgan fingerprint density at radius 3 is 2.32 bits per heavy atom. The Balaban J connectivity index is 0. The number of piperidine rings is 1. The number of hydrogen-bond donors (Lipinski definition) is 2. The van der Waals surface area contributed by atoms with Gasteiger partial charge in [0, 0.05) is 19.0 Å². The van der Waals surface area contributed by atoms with Gasteiger partial charge in [-0.1, -0.05) is 13.8 Å². The van der Waals surface area contributed by atoms with E-state index in [9.17, 15) is 4.79 Å². The molecular formula is C16H35Cl2N3O. The fourth-order valence-electron chi connectivity index (χ4n) is 2.97. The highest BCUT2D eigenvalue weighted by Crippen LogP contribution is 2.22. The molecule has 1 saturated heterocycles. The Kier molecular flexibility index (Phi) is 12.7. The maximum absolute atomic E-state index is 12.1. The summed E-state index contributed by atoms with van der Waals surface area (Å²) in [6.07, 6.45) is 4.14. The summed E-state index contributed by atoms with van der Waals surface area (Å²) >= 11 is 0. The standard InChI is InChI=1S/C16H33N3O.2ClH/c1-13(16(2,3)12-19(4)5)18-15(20)7-6-14-8-10-17-11-9-14;;/h13-14,17H,6-12H2,1-5H3,(H,18,20);2*1H. The van der Waals surface area contributed by atoms with Crippen LogP contribution in [-0.2, 0) is 4.79 Å². The largest absolute Gasteiger partial charge is 0.353 e. The zero-order valence-corrected chi connectivity index (χ0v) is 16.4. The molecule has 0 spiro atoms. The molecule has 0 aromatic carbocycles. The molecule has 0 aliphatic carbocycles. The second-order valence-corrected chi connectivity index (χ2v) is 7.25. The summed E-state index contributed by atoms with van der Waals surface area (Å²) < 4.78 is 0. The molecule has 1 unspecified atom stereocenters. The zero-order valence-electron chi connectivity index (χ0n) is 14.8. The van der Waals surface area contributed by atoms with E-state index >= 15 is 0 Å². The third kappa shape index (κ3) is 9.19. The van der Waals surface area contributed by atoms with Gasteiger partial charge in [0.05, 0.1) is 0 Å². The van der Waals surface area contributed by atoms with Crippen LogP contribution in [0.25, 0.3) is 0 Å². The number of nitrogens with zero attached hydrogens (tertiary/aromatic N) is 1. The third-order valence-electron chi connectivity index (χ3n) is 4.51. The molecule has 0 saturated carbocycles. The van der Waals surface area contributed by atoms with Gasteiger partial charge < -0.3 is 15.5 Å². The number of carbonyl (C=O) groups excluding carboxylic acids is 1. The van der Waals surface area contributed by atoms with Crippen LogP contribution in [0.1, 0.15) is 46.5 Å². The van der Waals surface area contributed by atoms with Crippen molar-refractivity contribution in [2.45, 2.75) is 52.5 Å². The second-order valence-electron chi connectivity index (χ2n) is 7.25. The van der Waals surface area contributed by atoms with E-state index in [0.717, 1.165) is 32.0 Å². The van der Waals surface area contributed by atoms with E-state index in [2.05, 4.69) is 50.4 Å². The van der Waals surface area contributed by atoms with Crippen molar-refractivity contribution in [3.8, 4) is 0 Å². The van der Waals surface area contributed by atoms with Gasteiger partial charge in [-0.15, -0.1) is 24.8 Å². The highest BCUT2D eigenvalue weighted by atomic mass is 35.5. The molecule has 1 atom stereocenters. The quantitative estimate of drug-likeness (QED) is 0.737. The summed E-state index contributed by atoms with van der Waals surface area (Å²) in [4.78, 5) is 14.3. The topological polar surface area (TPSA) is 44.4 Å². The molecule has 1 heterocycles. The van der Waals surface area contributed by atoms with Gasteiger partial charge in [0.15, 0.2) is 0 Å². The minimum absolute atomic E-state index is 0. The molecule has 0 radical (unpaired) electrons. The zero-order chi connectivity index (χ0) is 15.2. The van der Waals surface area contributed by atoms with E-state index in [1.165, 1.54) is 12.8 Å². The van der Waals surface area contributed by atoms with Crippen LogP contribution in [0.5, 0.6) is 0 Å².